The van der Waals surface area contributed by atoms with Gasteiger partial charge < -0.3 is 16.0 Å². The van der Waals surface area contributed by atoms with Crippen LogP contribution in [0, 0.1) is 11.8 Å². The summed E-state index contributed by atoms with van der Waals surface area (Å²) in [5.74, 6) is 3.18. The third kappa shape index (κ3) is 3.54. The second kappa shape index (κ2) is 6.45. The second-order valence-corrected chi connectivity index (χ2v) is 6.41. The van der Waals surface area contributed by atoms with E-state index in [1.807, 2.05) is 0 Å². The van der Waals surface area contributed by atoms with Crippen molar-refractivity contribution in [1.29, 1.82) is 0 Å². The van der Waals surface area contributed by atoms with Crippen LogP contribution in [0.5, 0.6) is 0 Å². The normalized spacial score (nSPS) is 26.0. The van der Waals surface area contributed by atoms with Gasteiger partial charge in [0.2, 0.25) is 17.8 Å². The lowest BCUT2D eigenvalue weighted by Gasteiger charge is -2.26. The zero-order chi connectivity index (χ0) is 14.7. The Morgan fingerprint density at radius 2 is 1.90 bits per heavy atom. The van der Waals surface area contributed by atoms with Crippen LogP contribution in [-0.4, -0.2) is 34.6 Å². The van der Waals surface area contributed by atoms with E-state index in [-0.39, 0.29) is 0 Å². The molecule has 0 amide bonds. The van der Waals surface area contributed by atoms with Crippen LogP contribution in [0.4, 0.5) is 17.8 Å². The monoisotopic (exact) mass is 290 g/mol. The summed E-state index contributed by atoms with van der Waals surface area (Å²) >= 11 is 0. The molecule has 3 N–H and O–H groups in total. The van der Waals surface area contributed by atoms with Crippen LogP contribution in [0.2, 0.25) is 0 Å². The van der Waals surface area contributed by atoms with Crippen molar-refractivity contribution in [2.45, 2.75) is 45.4 Å². The van der Waals surface area contributed by atoms with E-state index in [4.69, 9.17) is 5.73 Å². The lowest BCUT2D eigenvalue weighted by atomic mass is 9.98. The van der Waals surface area contributed by atoms with Crippen molar-refractivity contribution in [3.63, 3.8) is 0 Å². The van der Waals surface area contributed by atoms with Gasteiger partial charge in [-0.2, -0.15) is 15.0 Å². The average Bonchev–Trinajstić information content (AvgIpc) is 2.91. The van der Waals surface area contributed by atoms with Gasteiger partial charge in [0, 0.05) is 19.6 Å². The molecule has 1 aromatic rings. The molecule has 2 atom stereocenters. The Labute approximate surface area is 126 Å². The van der Waals surface area contributed by atoms with Gasteiger partial charge in [-0.3, -0.25) is 0 Å². The Morgan fingerprint density at radius 3 is 2.62 bits per heavy atom. The zero-order valence-electron chi connectivity index (χ0n) is 12.9. The maximum atomic E-state index is 5.85. The van der Waals surface area contributed by atoms with Gasteiger partial charge in [-0.15, -0.1) is 0 Å². The first-order chi connectivity index (χ1) is 10.2. The first-order valence-electron chi connectivity index (χ1n) is 8.23. The van der Waals surface area contributed by atoms with Crippen molar-refractivity contribution in [3.8, 4) is 0 Å². The van der Waals surface area contributed by atoms with Crippen LogP contribution in [0.1, 0.15) is 45.4 Å². The minimum absolute atomic E-state index is 0.313. The highest BCUT2D eigenvalue weighted by Gasteiger charge is 2.23. The molecule has 3 rings (SSSR count). The predicted octanol–water partition coefficient (Wildman–Crippen LogP) is 2.29. The minimum atomic E-state index is 0.313. The Balaban J connectivity index is 1.65. The zero-order valence-corrected chi connectivity index (χ0v) is 12.9. The third-order valence-corrected chi connectivity index (χ3v) is 4.84. The molecule has 0 bridgehead atoms. The summed E-state index contributed by atoms with van der Waals surface area (Å²) in [7, 11) is 0. The molecule has 6 heteroatoms. The van der Waals surface area contributed by atoms with Crippen LogP contribution in [-0.2, 0) is 0 Å². The van der Waals surface area contributed by atoms with Crippen molar-refractivity contribution in [1.82, 2.24) is 15.0 Å². The van der Waals surface area contributed by atoms with Crippen molar-refractivity contribution in [2.24, 2.45) is 11.8 Å². The summed E-state index contributed by atoms with van der Waals surface area (Å²) in [6.45, 7) is 5.30. The molecule has 21 heavy (non-hydrogen) atoms. The highest BCUT2D eigenvalue weighted by molar-refractivity contribution is 5.42. The highest BCUT2D eigenvalue weighted by atomic mass is 15.3. The Kier molecular flexibility index (Phi) is 4.41. The molecule has 2 fully saturated rings. The maximum Gasteiger partial charge on any atom is 0.231 e. The van der Waals surface area contributed by atoms with Crippen LogP contribution >= 0.6 is 0 Å². The third-order valence-electron chi connectivity index (χ3n) is 4.84. The number of anilines is 3. The van der Waals surface area contributed by atoms with E-state index in [1.54, 1.807) is 0 Å². The SMILES string of the molecule is CC1CCCC1CNc1nc(N)nc(N2CCCCC2)n1. The number of hydrogen-bond acceptors (Lipinski definition) is 6. The number of nitrogen functional groups attached to an aromatic ring is 1. The number of hydrogen-bond donors (Lipinski definition) is 2. The molecule has 2 aliphatic rings. The Bertz CT molecular complexity index is 471. The molecule has 2 unspecified atom stereocenters. The standard InChI is InChI=1S/C15H26N6/c1-11-6-5-7-12(11)10-17-14-18-13(16)19-15(20-14)21-8-3-2-4-9-21/h11-12H,2-10H2,1H3,(H3,16,17,18,19,20). The molecule has 1 aromatic heterocycles. The number of piperidine rings is 1. The number of rotatable bonds is 4. The fourth-order valence-corrected chi connectivity index (χ4v) is 3.44. The molecule has 1 aliphatic heterocycles. The molecule has 1 saturated carbocycles. The van der Waals surface area contributed by atoms with Crippen molar-refractivity contribution in [3.05, 3.63) is 0 Å². The number of nitrogens with one attached hydrogen (secondary N) is 1. The topological polar surface area (TPSA) is 80.0 Å². The van der Waals surface area contributed by atoms with E-state index >= 15 is 0 Å². The summed E-state index contributed by atoms with van der Waals surface area (Å²) < 4.78 is 0. The summed E-state index contributed by atoms with van der Waals surface area (Å²) in [4.78, 5) is 15.3. The van der Waals surface area contributed by atoms with Crippen molar-refractivity contribution in [2.75, 3.05) is 35.6 Å². The molecule has 0 spiro atoms. The second-order valence-electron chi connectivity index (χ2n) is 6.41. The van der Waals surface area contributed by atoms with Gasteiger partial charge in [-0.1, -0.05) is 19.8 Å². The lowest BCUT2D eigenvalue weighted by Crippen LogP contribution is -2.31. The number of aromatic nitrogens is 3. The predicted molar refractivity (Wildman–Crippen MR) is 85.3 cm³/mol. The maximum absolute atomic E-state index is 5.85. The van der Waals surface area contributed by atoms with Crippen molar-refractivity contribution < 1.29 is 0 Å². The minimum Gasteiger partial charge on any atom is -0.368 e. The van der Waals surface area contributed by atoms with E-state index in [0.29, 0.717) is 11.9 Å². The first-order valence-corrected chi connectivity index (χ1v) is 8.23. The summed E-state index contributed by atoms with van der Waals surface area (Å²) in [5.41, 5.74) is 5.85. The first kappa shape index (κ1) is 14.4. The molecule has 0 radical (unpaired) electrons. The molecule has 0 aromatic carbocycles. The van der Waals surface area contributed by atoms with Crippen LogP contribution in [0.15, 0.2) is 0 Å². The largest absolute Gasteiger partial charge is 0.368 e. The van der Waals surface area contributed by atoms with Gasteiger partial charge in [-0.05, 0) is 37.5 Å². The summed E-state index contributed by atoms with van der Waals surface area (Å²) in [6.07, 6.45) is 7.67. The van der Waals surface area contributed by atoms with Crippen LogP contribution in [0.25, 0.3) is 0 Å². The van der Waals surface area contributed by atoms with E-state index in [2.05, 4.69) is 32.1 Å². The number of nitrogens with zero attached hydrogens (tertiary/aromatic N) is 4. The van der Waals surface area contributed by atoms with E-state index in [0.717, 1.165) is 37.4 Å². The van der Waals surface area contributed by atoms with E-state index in [1.165, 1.54) is 38.5 Å². The van der Waals surface area contributed by atoms with Crippen LogP contribution in [0.3, 0.4) is 0 Å². The summed E-state index contributed by atoms with van der Waals surface area (Å²) in [6, 6.07) is 0. The molecule has 116 valence electrons. The molecule has 1 aliphatic carbocycles. The van der Waals surface area contributed by atoms with Gasteiger partial charge in [0.1, 0.15) is 0 Å². The summed E-state index contributed by atoms with van der Waals surface area (Å²) in [5, 5.41) is 3.37. The molecule has 2 heterocycles. The fraction of sp³-hybridized carbons (Fsp3) is 0.800. The van der Waals surface area contributed by atoms with Gasteiger partial charge in [-0.25, -0.2) is 0 Å². The van der Waals surface area contributed by atoms with Crippen molar-refractivity contribution >= 4 is 17.8 Å². The molecular formula is C15H26N6. The smallest absolute Gasteiger partial charge is 0.231 e. The fourth-order valence-electron chi connectivity index (χ4n) is 3.44. The van der Waals surface area contributed by atoms with E-state index < -0.39 is 0 Å². The lowest BCUT2D eigenvalue weighted by molar-refractivity contribution is 0.439. The van der Waals surface area contributed by atoms with Gasteiger partial charge in [0.25, 0.3) is 0 Å². The number of nitrogens with two attached hydrogens (primary N) is 1. The van der Waals surface area contributed by atoms with E-state index in [9.17, 15) is 0 Å². The molecule has 1 saturated heterocycles. The Morgan fingerprint density at radius 1 is 1.10 bits per heavy atom. The van der Waals surface area contributed by atoms with Gasteiger partial charge in [0.15, 0.2) is 0 Å². The average molecular weight is 290 g/mol. The van der Waals surface area contributed by atoms with Crippen LogP contribution < -0.4 is 16.0 Å². The Hall–Kier alpha value is -1.59. The van der Waals surface area contributed by atoms with Gasteiger partial charge in [0.05, 0.1) is 0 Å². The molecular weight excluding hydrogens is 264 g/mol. The quantitative estimate of drug-likeness (QED) is 0.885. The van der Waals surface area contributed by atoms with Gasteiger partial charge >= 0.3 is 0 Å². The highest BCUT2D eigenvalue weighted by Crippen LogP contribution is 2.31. The molecule has 6 nitrogen and oxygen atoms in total.